The highest BCUT2D eigenvalue weighted by Crippen LogP contribution is 2.25. The molecule has 1 N–H and O–H groups in total. The van der Waals surface area contributed by atoms with Crippen molar-refractivity contribution in [1.82, 2.24) is 4.31 Å². The van der Waals surface area contributed by atoms with Crippen LogP contribution >= 0.6 is 0 Å². The smallest absolute Gasteiger partial charge is 0.274 e. The van der Waals surface area contributed by atoms with Crippen molar-refractivity contribution in [2.24, 2.45) is 0 Å². The van der Waals surface area contributed by atoms with E-state index in [4.69, 9.17) is 0 Å². The van der Waals surface area contributed by atoms with Gasteiger partial charge in [0.25, 0.3) is 5.69 Å². The summed E-state index contributed by atoms with van der Waals surface area (Å²) in [5.74, 6) is -0.259. The van der Waals surface area contributed by atoms with Crippen LogP contribution < -0.4 is 5.32 Å². The quantitative estimate of drug-likeness (QED) is 0.511. The fraction of sp³-hybridized carbons (Fsp3) is 0.409. The maximum atomic E-state index is 12.8. The molecule has 2 aromatic rings. The standard InChI is InChI=1S/C22H27N3O5S/c1-17-20(7-6-8-21(17)25(27)28)23-22(26)14-11-18-9-12-19(13-10-18)31(29,30)24-15-4-2-3-5-16-24/h6-10,12-13H,2-5,11,14-16H2,1H3,(H,23,26). The molecule has 9 heteroatoms. The number of hydrogen-bond donors (Lipinski definition) is 1. The topological polar surface area (TPSA) is 110 Å². The van der Waals surface area contributed by atoms with Crippen molar-refractivity contribution in [3.8, 4) is 0 Å². The zero-order chi connectivity index (χ0) is 22.4. The SMILES string of the molecule is Cc1c(NC(=O)CCc2ccc(S(=O)(=O)N3CCCCCC3)cc2)cccc1[N+](=O)[O-]. The third-order valence-corrected chi connectivity index (χ3v) is 7.46. The number of rotatable bonds is 7. The van der Waals surface area contributed by atoms with E-state index >= 15 is 0 Å². The molecule has 0 radical (unpaired) electrons. The molecule has 166 valence electrons. The van der Waals surface area contributed by atoms with Gasteiger partial charge < -0.3 is 5.32 Å². The molecule has 8 nitrogen and oxygen atoms in total. The van der Waals surface area contributed by atoms with Gasteiger partial charge >= 0.3 is 0 Å². The predicted molar refractivity (Wildman–Crippen MR) is 118 cm³/mol. The van der Waals surface area contributed by atoms with Gasteiger partial charge in [-0.3, -0.25) is 14.9 Å². The lowest BCUT2D eigenvalue weighted by atomic mass is 10.1. The summed E-state index contributed by atoms with van der Waals surface area (Å²) in [6.45, 7) is 2.71. The molecule has 1 aliphatic rings. The van der Waals surface area contributed by atoms with E-state index in [1.54, 1.807) is 41.6 Å². The summed E-state index contributed by atoms with van der Waals surface area (Å²) in [7, 11) is -3.49. The van der Waals surface area contributed by atoms with Gasteiger partial charge in [0.05, 0.1) is 21.1 Å². The average Bonchev–Trinajstić information content (AvgIpc) is 3.04. The second-order valence-electron chi connectivity index (χ2n) is 7.72. The van der Waals surface area contributed by atoms with Crippen molar-refractivity contribution < 1.29 is 18.1 Å². The number of nitro groups is 1. The highest BCUT2D eigenvalue weighted by atomic mass is 32.2. The Balaban J connectivity index is 1.60. The van der Waals surface area contributed by atoms with Gasteiger partial charge in [0.1, 0.15) is 0 Å². The first kappa shape index (κ1) is 22.9. The number of nitrogens with one attached hydrogen (secondary N) is 1. The van der Waals surface area contributed by atoms with E-state index in [1.807, 2.05) is 0 Å². The average molecular weight is 446 g/mol. The zero-order valence-electron chi connectivity index (χ0n) is 17.5. The van der Waals surface area contributed by atoms with Crippen LogP contribution in [0, 0.1) is 17.0 Å². The van der Waals surface area contributed by atoms with E-state index < -0.39 is 14.9 Å². The third-order valence-electron chi connectivity index (χ3n) is 5.54. The maximum absolute atomic E-state index is 12.8. The van der Waals surface area contributed by atoms with E-state index in [0.29, 0.717) is 30.8 Å². The molecule has 0 spiro atoms. The minimum atomic E-state index is -3.49. The first-order valence-corrected chi connectivity index (χ1v) is 11.9. The van der Waals surface area contributed by atoms with Gasteiger partial charge in [-0.15, -0.1) is 0 Å². The molecule has 1 saturated heterocycles. The number of nitrogens with zero attached hydrogens (tertiary/aromatic N) is 2. The summed E-state index contributed by atoms with van der Waals surface area (Å²) in [6.07, 6.45) is 4.50. The number of amides is 1. The molecule has 0 saturated carbocycles. The fourth-order valence-electron chi connectivity index (χ4n) is 3.69. The van der Waals surface area contributed by atoms with Crippen LogP contribution in [0.4, 0.5) is 11.4 Å². The molecule has 0 aromatic heterocycles. The molecule has 1 aliphatic heterocycles. The van der Waals surface area contributed by atoms with Crippen LogP contribution in [0.25, 0.3) is 0 Å². The summed E-state index contributed by atoms with van der Waals surface area (Å²) in [5, 5.41) is 13.7. The lowest BCUT2D eigenvalue weighted by molar-refractivity contribution is -0.385. The molecule has 1 heterocycles. The number of benzene rings is 2. The van der Waals surface area contributed by atoms with Crippen LogP contribution in [0.3, 0.4) is 0 Å². The Kier molecular flexibility index (Phi) is 7.40. The Morgan fingerprint density at radius 3 is 2.32 bits per heavy atom. The molecule has 2 aromatic carbocycles. The molecular weight excluding hydrogens is 418 g/mol. The second-order valence-corrected chi connectivity index (χ2v) is 9.66. The number of carbonyl (C=O) groups excluding carboxylic acids is 1. The maximum Gasteiger partial charge on any atom is 0.274 e. The van der Waals surface area contributed by atoms with E-state index in [2.05, 4.69) is 5.32 Å². The van der Waals surface area contributed by atoms with Crippen LogP contribution in [0.2, 0.25) is 0 Å². The summed E-state index contributed by atoms with van der Waals surface area (Å²) < 4.78 is 27.2. The largest absolute Gasteiger partial charge is 0.326 e. The number of carbonyl (C=O) groups is 1. The van der Waals surface area contributed by atoms with E-state index in [0.717, 1.165) is 31.2 Å². The van der Waals surface area contributed by atoms with Gasteiger partial charge in [0.15, 0.2) is 0 Å². The van der Waals surface area contributed by atoms with Crippen LogP contribution in [0.1, 0.15) is 43.2 Å². The van der Waals surface area contributed by atoms with Crippen molar-refractivity contribution in [3.63, 3.8) is 0 Å². The van der Waals surface area contributed by atoms with Crippen LogP contribution in [-0.4, -0.2) is 36.6 Å². The van der Waals surface area contributed by atoms with Crippen molar-refractivity contribution in [2.45, 2.75) is 50.3 Å². The lowest BCUT2D eigenvalue weighted by Gasteiger charge is -2.20. The van der Waals surface area contributed by atoms with Gasteiger partial charge in [-0.2, -0.15) is 4.31 Å². The van der Waals surface area contributed by atoms with Gasteiger partial charge in [-0.05, 0) is 49.9 Å². The third kappa shape index (κ3) is 5.68. The minimum absolute atomic E-state index is 0.0426. The molecule has 1 amide bonds. The summed E-state index contributed by atoms with van der Waals surface area (Å²) in [5.41, 5.74) is 1.63. The summed E-state index contributed by atoms with van der Waals surface area (Å²) in [6, 6.07) is 11.2. The number of anilines is 1. The molecule has 0 aliphatic carbocycles. The van der Waals surface area contributed by atoms with Crippen molar-refractivity contribution in [1.29, 1.82) is 0 Å². The zero-order valence-corrected chi connectivity index (χ0v) is 18.4. The van der Waals surface area contributed by atoms with E-state index in [1.165, 1.54) is 12.1 Å². The predicted octanol–water partition coefficient (Wildman–Crippen LogP) is 4.04. The van der Waals surface area contributed by atoms with E-state index in [-0.39, 0.29) is 22.9 Å². The first-order valence-electron chi connectivity index (χ1n) is 10.4. The van der Waals surface area contributed by atoms with Gasteiger partial charge in [0, 0.05) is 25.6 Å². The molecule has 0 unspecified atom stereocenters. The first-order chi connectivity index (χ1) is 14.8. The number of sulfonamides is 1. The highest BCUT2D eigenvalue weighted by molar-refractivity contribution is 7.89. The number of aryl methyl sites for hydroxylation is 1. The van der Waals surface area contributed by atoms with Crippen molar-refractivity contribution in [2.75, 3.05) is 18.4 Å². The normalized spacial score (nSPS) is 15.3. The molecule has 0 bridgehead atoms. The summed E-state index contributed by atoms with van der Waals surface area (Å²) >= 11 is 0. The Morgan fingerprint density at radius 1 is 1.06 bits per heavy atom. The van der Waals surface area contributed by atoms with Crippen LogP contribution in [0.5, 0.6) is 0 Å². The van der Waals surface area contributed by atoms with Gasteiger partial charge in [0.2, 0.25) is 15.9 Å². The van der Waals surface area contributed by atoms with Crippen molar-refractivity contribution >= 4 is 27.3 Å². The number of nitro benzene ring substituents is 1. The molecule has 31 heavy (non-hydrogen) atoms. The molecule has 3 rings (SSSR count). The lowest BCUT2D eigenvalue weighted by Crippen LogP contribution is -2.31. The highest BCUT2D eigenvalue weighted by Gasteiger charge is 2.25. The monoisotopic (exact) mass is 445 g/mol. The Hall–Kier alpha value is -2.78. The molecule has 1 fully saturated rings. The Bertz CT molecular complexity index is 1040. The Morgan fingerprint density at radius 2 is 1.71 bits per heavy atom. The molecular formula is C22H27N3O5S. The van der Waals surface area contributed by atoms with Gasteiger partial charge in [-0.25, -0.2) is 8.42 Å². The van der Waals surface area contributed by atoms with Crippen LogP contribution in [0.15, 0.2) is 47.4 Å². The molecule has 0 atom stereocenters. The van der Waals surface area contributed by atoms with E-state index in [9.17, 15) is 23.3 Å². The number of hydrogen-bond acceptors (Lipinski definition) is 5. The minimum Gasteiger partial charge on any atom is -0.326 e. The Labute approximate surface area is 182 Å². The van der Waals surface area contributed by atoms with Gasteiger partial charge in [-0.1, -0.05) is 31.0 Å². The van der Waals surface area contributed by atoms with Crippen LogP contribution in [-0.2, 0) is 21.2 Å². The summed E-state index contributed by atoms with van der Waals surface area (Å²) in [4.78, 5) is 23.1. The fourth-order valence-corrected chi connectivity index (χ4v) is 5.20. The second kappa shape index (κ2) is 10.0. The van der Waals surface area contributed by atoms with Crippen molar-refractivity contribution in [3.05, 3.63) is 63.7 Å².